The number of nitrogens with zero attached hydrogens (tertiary/aromatic N) is 3. The van der Waals surface area contributed by atoms with Crippen LogP contribution in [-0.4, -0.2) is 27.1 Å². The highest BCUT2D eigenvalue weighted by molar-refractivity contribution is 5.96. The predicted octanol–water partition coefficient (Wildman–Crippen LogP) is 1.96. The number of phenols is 1. The van der Waals surface area contributed by atoms with Crippen molar-refractivity contribution in [3.8, 4) is 5.75 Å². The molecular weight excluding hydrogens is 254 g/mol. The van der Waals surface area contributed by atoms with Crippen LogP contribution in [0.5, 0.6) is 5.75 Å². The van der Waals surface area contributed by atoms with Crippen LogP contribution in [0.15, 0.2) is 36.9 Å². The number of para-hydroxylation sites is 1. The Balaban J connectivity index is 1.76. The van der Waals surface area contributed by atoms with E-state index in [9.17, 15) is 9.90 Å². The van der Waals surface area contributed by atoms with Crippen molar-refractivity contribution in [1.29, 1.82) is 0 Å². The number of hydrogen-bond donors (Lipinski definition) is 1. The molecule has 0 saturated heterocycles. The van der Waals surface area contributed by atoms with Crippen molar-refractivity contribution < 1.29 is 9.90 Å². The first-order valence-corrected chi connectivity index (χ1v) is 6.82. The van der Waals surface area contributed by atoms with Gasteiger partial charge in [-0.05, 0) is 24.5 Å². The molecule has 0 aliphatic carbocycles. The van der Waals surface area contributed by atoms with Crippen molar-refractivity contribution in [2.24, 2.45) is 0 Å². The van der Waals surface area contributed by atoms with Gasteiger partial charge in [-0.1, -0.05) is 12.1 Å². The molecule has 2 heterocycles. The van der Waals surface area contributed by atoms with Gasteiger partial charge in [0, 0.05) is 31.9 Å². The molecule has 1 aromatic carbocycles. The molecule has 0 spiro atoms. The molecule has 5 nitrogen and oxygen atoms in total. The number of fused-ring (bicyclic) bond motifs is 1. The largest absolute Gasteiger partial charge is 0.506 e. The van der Waals surface area contributed by atoms with Gasteiger partial charge in [0.15, 0.2) is 0 Å². The zero-order chi connectivity index (χ0) is 13.9. The monoisotopic (exact) mass is 271 g/mol. The second-order valence-electron chi connectivity index (χ2n) is 4.98. The third-order valence-electron chi connectivity index (χ3n) is 3.64. The summed E-state index contributed by atoms with van der Waals surface area (Å²) < 4.78 is 1.88. The molecule has 0 radical (unpaired) electrons. The maximum Gasteiger partial charge on any atom is 0.228 e. The van der Waals surface area contributed by atoms with Crippen molar-refractivity contribution in [3.63, 3.8) is 0 Å². The van der Waals surface area contributed by atoms with Crippen molar-refractivity contribution in [2.75, 3.05) is 11.4 Å². The van der Waals surface area contributed by atoms with E-state index in [1.165, 1.54) is 0 Å². The smallest absolute Gasteiger partial charge is 0.228 e. The van der Waals surface area contributed by atoms with Crippen LogP contribution >= 0.6 is 0 Å². The fourth-order valence-corrected chi connectivity index (χ4v) is 2.66. The predicted molar refractivity (Wildman–Crippen MR) is 75.6 cm³/mol. The van der Waals surface area contributed by atoms with E-state index >= 15 is 0 Å². The zero-order valence-corrected chi connectivity index (χ0v) is 11.2. The SMILES string of the molecule is O=C(CCn1ccnc1)N1CCCc2cccc(O)c21. The molecule has 1 aliphatic rings. The summed E-state index contributed by atoms with van der Waals surface area (Å²) in [4.78, 5) is 18.1. The Morgan fingerprint density at radius 1 is 1.40 bits per heavy atom. The van der Waals surface area contributed by atoms with Crippen LogP contribution in [0.2, 0.25) is 0 Å². The average molecular weight is 271 g/mol. The van der Waals surface area contributed by atoms with Crippen LogP contribution in [0.1, 0.15) is 18.4 Å². The summed E-state index contributed by atoms with van der Waals surface area (Å²) >= 11 is 0. The molecule has 1 aromatic heterocycles. The molecule has 1 aliphatic heterocycles. The number of hydrogen-bond acceptors (Lipinski definition) is 3. The van der Waals surface area contributed by atoms with Crippen molar-refractivity contribution in [2.45, 2.75) is 25.8 Å². The lowest BCUT2D eigenvalue weighted by Gasteiger charge is -2.30. The number of carbonyl (C=O) groups is 1. The summed E-state index contributed by atoms with van der Waals surface area (Å²) in [5.74, 6) is 0.235. The molecule has 1 N–H and O–H groups in total. The molecule has 5 heteroatoms. The summed E-state index contributed by atoms with van der Waals surface area (Å²) in [7, 11) is 0. The van der Waals surface area contributed by atoms with E-state index in [1.54, 1.807) is 23.5 Å². The molecular formula is C15H17N3O2. The molecule has 20 heavy (non-hydrogen) atoms. The second-order valence-corrected chi connectivity index (χ2v) is 4.98. The molecule has 0 saturated carbocycles. The third-order valence-corrected chi connectivity index (χ3v) is 3.64. The van der Waals surface area contributed by atoms with Crippen molar-refractivity contribution in [1.82, 2.24) is 9.55 Å². The quantitative estimate of drug-likeness (QED) is 0.928. The standard InChI is InChI=1S/C15H17N3O2/c19-13-5-1-3-12-4-2-8-18(15(12)13)14(20)6-9-17-10-7-16-11-17/h1,3,5,7,10-11,19H,2,4,6,8-9H2. The van der Waals surface area contributed by atoms with Crippen molar-refractivity contribution >= 4 is 11.6 Å². The van der Waals surface area contributed by atoms with Gasteiger partial charge in [-0.25, -0.2) is 4.98 Å². The Morgan fingerprint density at radius 2 is 2.30 bits per heavy atom. The van der Waals surface area contributed by atoms with Gasteiger partial charge >= 0.3 is 0 Å². The van der Waals surface area contributed by atoms with Crippen LogP contribution in [0.25, 0.3) is 0 Å². The Bertz CT molecular complexity index is 608. The summed E-state index contributed by atoms with van der Waals surface area (Å²) in [6.07, 6.45) is 7.50. The summed E-state index contributed by atoms with van der Waals surface area (Å²) in [5, 5.41) is 10.0. The van der Waals surface area contributed by atoms with E-state index in [1.807, 2.05) is 22.9 Å². The number of rotatable bonds is 3. The number of aromatic nitrogens is 2. The van der Waals surface area contributed by atoms with Crippen LogP contribution < -0.4 is 4.90 Å². The Labute approximate surface area is 117 Å². The first-order valence-electron chi connectivity index (χ1n) is 6.82. The van der Waals surface area contributed by atoms with Gasteiger partial charge < -0.3 is 14.6 Å². The molecule has 3 rings (SSSR count). The lowest BCUT2D eigenvalue weighted by Crippen LogP contribution is -2.35. The Morgan fingerprint density at radius 3 is 3.10 bits per heavy atom. The molecule has 0 atom stereocenters. The summed E-state index contributed by atoms with van der Waals surface area (Å²) in [6.45, 7) is 1.28. The number of aryl methyl sites for hydroxylation is 2. The molecule has 2 aromatic rings. The van der Waals surface area contributed by atoms with E-state index in [0.29, 0.717) is 25.2 Å². The topological polar surface area (TPSA) is 58.4 Å². The van der Waals surface area contributed by atoms with Crippen molar-refractivity contribution in [3.05, 3.63) is 42.5 Å². The summed E-state index contributed by atoms with van der Waals surface area (Å²) in [6, 6.07) is 5.44. The number of benzene rings is 1. The number of carbonyl (C=O) groups excluding carboxylic acids is 1. The maximum atomic E-state index is 12.4. The van der Waals surface area contributed by atoms with Crippen LogP contribution in [0, 0.1) is 0 Å². The minimum absolute atomic E-state index is 0.0427. The zero-order valence-electron chi connectivity index (χ0n) is 11.2. The number of anilines is 1. The van der Waals surface area contributed by atoms with Crippen LogP contribution in [0.3, 0.4) is 0 Å². The van der Waals surface area contributed by atoms with E-state index in [2.05, 4.69) is 4.98 Å². The van der Waals surface area contributed by atoms with Gasteiger partial charge in [0.2, 0.25) is 5.91 Å². The molecule has 1 amide bonds. The average Bonchev–Trinajstić information content (AvgIpc) is 2.98. The molecule has 0 unspecified atom stereocenters. The fraction of sp³-hybridized carbons (Fsp3) is 0.333. The normalized spacial score (nSPS) is 14.1. The molecule has 0 bridgehead atoms. The lowest BCUT2D eigenvalue weighted by atomic mass is 10.0. The molecule has 104 valence electrons. The number of aromatic hydroxyl groups is 1. The third kappa shape index (κ3) is 2.39. The number of phenolic OH excluding ortho intramolecular Hbond substituents is 1. The van der Waals surface area contributed by atoms with Gasteiger partial charge in [-0.15, -0.1) is 0 Å². The van der Waals surface area contributed by atoms with Gasteiger partial charge in [-0.2, -0.15) is 0 Å². The van der Waals surface area contributed by atoms with E-state index in [4.69, 9.17) is 0 Å². The van der Waals surface area contributed by atoms with Gasteiger partial charge in [0.05, 0.1) is 12.0 Å². The second kappa shape index (κ2) is 5.36. The molecule has 0 fully saturated rings. The highest BCUT2D eigenvalue weighted by atomic mass is 16.3. The van der Waals surface area contributed by atoms with E-state index in [0.717, 1.165) is 18.4 Å². The maximum absolute atomic E-state index is 12.4. The van der Waals surface area contributed by atoms with Crippen LogP contribution in [-0.2, 0) is 17.8 Å². The van der Waals surface area contributed by atoms with E-state index < -0.39 is 0 Å². The highest BCUT2D eigenvalue weighted by Crippen LogP contribution is 2.35. The minimum Gasteiger partial charge on any atom is -0.506 e. The first kappa shape index (κ1) is 12.7. The van der Waals surface area contributed by atoms with Gasteiger partial charge in [-0.3, -0.25) is 4.79 Å². The number of imidazole rings is 1. The number of amides is 1. The highest BCUT2D eigenvalue weighted by Gasteiger charge is 2.24. The minimum atomic E-state index is 0.0427. The lowest BCUT2D eigenvalue weighted by molar-refractivity contribution is -0.118. The Hall–Kier alpha value is -2.30. The van der Waals surface area contributed by atoms with Crippen LogP contribution in [0.4, 0.5) is 5.69 Å². The summed E-state index contributed by atoms with van der Waals surface area (Å²) in [5.41, 5.74) is 1.74. The fourth-order valence-electron chi connectivity index (χ4n) is 2.66. The Kier molecular flexibility index (Phi) is 3.41. The first-order chi connectivity index (χ1) is 9.75. The van der Waals surface area contributed by atoms with Gasteiger partial charge in [0.25, 0.3) is 0 Å². The van der Waals surface area contributed by atoms with Gasteiger partial charge in [0.1, 0.15) is 5.75 Å². The van der Waals surface area contributed by atoms with E-state index in [-0.39, 0.29) is 11.7 Å².